The molecule has 5 rings (SSSR count). The SMILES string of the molecule is CCOc1ccc(N2CCN(c3ccc(CCC(=O)c4c(CC)nc5cc(F)ccn45)cc3F)C[C@@H]2C)cc1. The van der Waals surface area contributed by atoms with Gasteiger partial charge in [-0.3, -0.25) is 9.20 Å². The van der Waals surface area contributed by atoms with Gasteiger partial charge in [0.25, 0.3) is 0 Å². The number of hydrogen-bond acceptors (Lipinski definition) is 5. The van der Waals surface area contributed by atoms with Crippen molar-refractivity contribution in [1.82, 2.24) is 9.38 Å². The summed E-state index contributed by atoms with van der Waals surface area (Å²) >= 11 is 0. The van der Waals surface area contributed by atoms with Crippen LogP contribution in [0.5, 0.6) is 5.75 Å². The van der Waals surface area contributed by atoms with Gasteiger partial charge in [-0.25, -0.2) is 13.8 Å². The number of carbonyl (C=O) groups excluding carboxylic acids is 1. The molecule has 2 aromatic heterocycles. The first-order chi connectivity index (χ1) is 18.9. The van der Waals surface area contributed by atoms with Crippen molar-refractivity contribution in [1.29, 1.82) is 0 Å². The predicted molar refractivity (Wildman–Crippen MR) is 150 cm³/mol. The quantitative estimate of drug-likeness (QED) is 0.244. The van der Waals surface area contributed by atoms with Crippen LogP contribution in [0, 0.1) is 11.6 Å². The normalized spacial score (nSPS) is 15.7. The molecule has 204 valence electrons. The molecule has 4 aromatic rings. The fourth-order valence-electron chi connectivity index (χ4n) is 5.41. The van der Waals surface area contributed by atoms with Crippen LogP contribution in [0.1, 0.15) is 48.9 Å². The number of aryl methyl sites for hydroxylation is 2. The van der Waals surface area contributed by atoms with Gasteiger partial charge in [0, 0.05) is 50.0 Å². The van der Waals surface area contributed by atoms with Gasteiger partial charge in [-0.1, -0.05) is 13.0 Å². The Balaban J connectivity index is 1.23. The average Bonchev–Trinajstić information content (AvgIpc) is 3.30. The second-order valence-electron chi connectivity index (χ2n) is 9.96. The molecule has 0 spiro atoms. The number of rotatable bonds is 9. The monoisotopic (exact) mass is 532 g/mol. The average molecular weight is 533 g/mol. The van der Waals surface area contributed by atoms with Gasteiger partial charge in [0.05, 0.1) is 18.0 Å². The van der Waals surface area contributed by atoms with E-state index >= 15 is 4.39 Å². The molecule has 1 aliphatic heterocycles. The van der Waals surface area contributed by atoms with Gasteiger partial charge in [-0.15, -0.1) is 0 Å². The third-order valence-corrected chi connectivity index (χ3v) is 7.36. The molecular weight excluding hydrogens is 498 g/mol. The Bertz CT molecular complexity index is 1470. The van der Waals surface area contributed by atoms with E-state index in [0.29, 0.717) is 55.3 Å². The molecule has 0 saturated carbocycles. The Morgan fingerprint density at radius 3 is 2.54 bits per heavy atom. The number of benzene rings is 2. The lowest BCUT2D eigenvalue weighted by Crippen LogP contribution is -2.52. The third-order valence-electron chi connectivity index (χ3n) is 7.36. The standard InChI is InChI=1S/C31H34F2N4O2/c1-4-27-31(37-15-14-23(32)19-30(37)34-27)29(38)13-7-22-6-12-28(26(33)18-22)35-16-17-36(21(3)20-35)24-8-10-25(11-9-24)39-5-2/h6,8-12,14-15,18-19,21H,4-5,7,13,16-17,20H2,1-3H3/t21-/m0/s1. The zero-order valence-corrected chi connectivity index (χ0v) is 22.7. The van der Waals surface area contributed by atoms with Crippen molar-refractivity contribution in [3.8, 4) is 5.75 Å². The second-order valence-corrected chi connectivity index (χ2v) is 9.96. The Hall–Kier alpha value is -3.94. The van der Waals surface area contributed by atoms with Crippen LogP contribution in [0.3, 0.4) is 0 Å². The molecule has 8 heteroatoms. The van der Waals surface area contributed by atoms with Gasteiger partial charge in [0.2, 0.25) is 0 Å². The maximum absolute atomic E-state index is 15.3. The van der Waals surface area contributed by atoms with E-state index in [-0.39, 0.29) is 24.1 Å². The fourth-order valence-corrected chi connectivity index (χ4v) is 5.41. The number of halogens is 2. The number of hydrogen-bond donors (Lipinski definition) is 0. The zero-order chi connectivity index (χ0) is 27.5. The Morgan fingerprint density at radius 2 is 1.85 bits per heavy atom. The van der Waals surface area contributed by atoms with Crippen molar-refractivity contribution in [2.45, 2.75) is 46.1 Å². The van der Waals surface area contributed by atoms with E-state index in [1.54, 1.807) is 4.40 Å². The molecule has 0 unspecified atom stereocenters. The maximum Gasteiger partial charge on any atom is 0.181 e. The third kappa shape index (κ3) is 5.60. The Labute approximate surface area is 227 Å². The summed E-state index contributed by atoms with van der Waals surface area (Å²) in [7, 11) is 0. The lowest BCUT2D eigenvalue weighted by Gasteiger charge is -2.42. The number of carbonyl (C=O) groups is 1. The summed E-state index contributed by atoms with van der Waals surface area (Å²) in [6.07, 6.45) is 2.73. The van der Waals surface area contributed by atoms with E-state index in [2.05, 4.69) is 33.8 Å². The summed E-state index contributed by atoms with van der Waals surface area (Å²) in [6.45, 7) is 8.88. The first-order valence-electron chi connectivity index (χ1n) is 13.6. The van der Waals surface area contributed by atoms with Crippen molar-refractivity contribution < 1.29 is 18.3 Å². The van der Waals surface area contributed by atoms with Crippen LogP contribution in [0.2, 0.25) is 0 Å². The highest BCUT2D eigenvalue weighted by Crippen LogP contribution is 2.28. The molecule has 0 bridgehead atoms. The summed E-state index contributed by atoms with van der Waals surface area (Å²) in [4.78, 5) is 22.0. The minimum Gasteiger partial charge on any atom is -0.494 e. The Morgan fingerprint density at radius 1 is 1.05 bits per heavy atom. The van der Waals surface area contributed by atoms with E-state index in [4.69, 9.17) is 4.74 Å². The van der Waals surface area contributed by atoms with Gasteiger partial charge in [0.1, 0.15) is 28.7 Å². The van der Waals surface area contributed by atoms with Crippen LogP contribution in [0.4, 0.5) is 20.2 Å². The second kappa shape index (κ2) is 11.4. The van der Waals surface area contributed by atoms with E-state index in [9.17, 15) is 9.18 Å². The molecule has 0 amide bonds. The first kappa shape index (κ1) is 26.7. The van der Waals surface area contributed by atoms with Crippen LogP contribution < -0.4 is 14.5 Å². The number of piperazine rings is 1. The van der Waals surface area contributed by atoms with Crippen LogP contribution >= 0.6 is 0 Å². The lowest BCUT2D eigenvalue weighted by atomic mass is 10.0. The molecule has 1 saturated heterocycles. The van der Waals surface area contributed by atoms with Crippen molar-refractivity contribution in [2.75, 3.05) is 36.0 Å². The number of fused-ring (bicyclic) bond motifs is 1. The lowest BCUT2D eigenvalue weighted by molar-refractivity contribution is 0.0976. The molecule has 2 aromatic carbocycles. The molecular formula is C31H34F2N4O2. The highest BCUT2D eigenvalue weighted by Gasteiger charge is 2.26. The Kier molecular flexibility index (Phi) is 7.82. The number of anilines is 2. The minimum absolute atomic E-state index is 0.0883. The predicted octanol–water partition coefficient (Wildman–Crippen LogP) is 6.10. The van der Waals surface area contributed by atoms with Crippen LogP contribution in [0.25, 0.3) is 5.65 Å². The van der Waals surface area contributed by atoms with Gasteiger partial charge < -0.3 is 14.5 Å². The number of ether oxygens (including phenoxy) is 1. The summed E-state index contributed by atoms with van der Waals surface area (Å²) in [5.74, 6) is 0.101. The summed E-state index contributed by atoms with van der Waals surface area (Å²) in [5, 5.41) is 0. The summed E-state index contributed by atoms with van der Waals surface area (Å²) < 4.78 is 36.1. The molecule has 0 radical (unpaired) electrons. The number of aromatic nitrogens is 2. The van der Waals surface area contributed by atoms with Crippen LogP contribution in [-0.2, 0) is 12.8 Å². The molecule has 1 aliphatic rings. The summed E-state index contributed by atoms with van der Waals surface area (Å²) in [5.41, 5.74) is 4.02. The number of pyridine rings is 1. The smallest absolute Gasteiger partial charge is 0.181 e. The number of Topliss-reactive ketones (excluding diaryl/α,β-unsaturated/α-hetero) is 1. The summed E-state index contributed by atoms with van der Waals surface area (Å²) in [6, 6.07) is 16.2. The number of ketones is 1. The molecule has 6 nitrogen and oxygen atoms in total. The largest absolute Gasteiger partial charge is 0.494 e. The molecule has 39 heavy (non-hydrogen) atoms. The van der Waals surface area contributed by atoms with Gasteiger partial charge in [-0.05, 0) is 74.7 Å². The molecule has 1 fully saturated rings. The maximum atomic E-state index is 15.3. The van der Waals surface area contributed by atoms with Gasteiger partial charge >= 0.3 is 0 Å². The minimum atomic E-state index is -0.392. The number of nitrogens with zero attached hydrogens (tertiary/aromatic N) is 4. The zero-order valence-electron chi connectivity index (χ0n) is 22.7. The molecule has 0 aliphatic carbocycles. The van der Waals surface area contributed by atoms with Crippen LogP contribution in [0.15, 0.2) is 60.8 Å². The number of imidazole rings is 1. The van der Waals surface area contributed by atoms with E-state index in [1.165, 1.54) is 24.4 Å². The van der Waals surface area contributed by atoms with Crippen molar-refractivity contribution in [3.05, 3.63) is 89.4 Å². The highest BCUT2D eigenvalue weighted by atomic mass is 19.1. The van der Waals surface area contributed by atoms with Crippen LogP contribution in [-0.4, -0.2) is 47.5 Å². The molecule has 3 heterocycles. The fraction of sp³-hybridized carbons (Fsp3) is 0.355. The van der Waals surface area contributed by atoms with Crippen molar-refractivity contribution in [2.24, 2.45) is 0 Å². The van der Waals surface area contributed by atoms with Gasteiger partial charge in [-0.2, -0.15) is 0 Å². The van der Waals surface area contributed by atoms with Crippen molar-refractivity contribution >= 4 is 22.8 Å². The molecule has 0 N–H and O–H groups in total. The first-order valence-corrected chi connectivity index (χ1v) is 13.6. The van der Waals surface area contributed by atoms with E-state index in [0.717, 1.165) is 23.5 Å². The van der Waals surface area contributed by atoms with Crippen molar-refractivity contribution in [3.63, 3.8) is 0 Å². The van der Waals surface area contributed by atoms with E-state index in [1.807, 2.05) is 38.1 Å². The molecule has 1 atom stereocenters. The van der Waals surface area contributed by atoms with E-state index < -0.39 is 5.82 Å². The highest BCUT2D eigenvalue weighted by molar-refractivity contribution is 5.96. The van der Waals surface area contributed by atoms with Gasteiger partial charge in [0.15, 0.2) is 5.78 Å². The topological polar surface area (TPSA) is 50.1 Å².